The molecule has 0 spiro atoms. The second-order valence-electron chi connectivity index (χ2n) is 7.12. The number of Topliss-reactive ketones (excluding diaryl/α,β-unsaturated/α-hetero) is 1. The number of para-hydroxylation sites is 1. The van der Waals surface area contributed by atoms with E-state index < -0.39 is 0 Å². The Morgan fingerprint density at radius 2 is 1.79 bits per heavy atom. The van der Waals surface area contributed by atoms with E-state index in [1.807, 2.05) is 31.0 Å². The van der Waals surface area contributed by atoms with Gasteiger partial charge in [0, 0.05) is 49.6 Å². The maximum absolute atomic E-state index is 11.9. The normalized spacial score (nSPS) is 14.8. The Morgan fingerprint density at radius 1 is 1.07 bits per heavy atom. The molecule has 3 rings (SSSR count). The monoisotopic (exact) mass is 397 g/mol. The van der Waals surface area contributed by atoms with Crippen LogP contribution in [0.2, 0.25) is 0 Å². The van der Waals surface area contributed by atoms with Crippen LogP contribution in [0.3, 0.4) is 0 Å². The van der Waals surface area contributed by atoms with Crippen LogP contribution in [0.25, 0.3) is 0 Å². The Bertz CT molecular complexity index is 714. The third-order valence-corrected chi connectivity index (χ3v) is 6.17. The number of nitrogens with zero attached hydrogens (tertiary/aromatic N) is 2. The predicted molar refractivity (Wildman–Crippen MR) is 120 cm³/mol. The van der Waals surface area contributed by atoms with Gasteiger partial charge in [0.2, 0.25) is 0 Å². The van der Waals surface area contributed by atoms with Gasteiger partial charge in [-0.05, 0) is 42.6 Å². The highest BCUT2D eigenvalue weighted by molar-refractivity contribution is 8.00. The van der Waals surface area contributed by atoms with Crippen LogP contribution in [0.1, 0.15) is 35.7 Å². The third kappa shape index (κ3) is 6.36. The van der Waals surface area contributed by atoms with Crippen LogP contribution in [-0.4, -0.2) is 49.2 Å². The fourth-order valence-electron chi connectivity index (χ4n) is 3.37. The number of hydrogen-bond acceptors (Lipinski definition) is 5. The molecular weight excluding hydrogens is 366 g/mol. The van der Waals surface area contributed by atoms with Crippen LogP contribution >= 0.6 is 11.9 Å². The Kier molecular flexibility index (Phi) is 8.40. The number of rotatable bonds is 10. The molecule has 0 unspecified atom stereocenters. The summed E-state index contributed by atoms with van der Waals surface area (Å²) >= 11 is 1.90. The summed E-state index contributed by atoms with van der Waals surface area (Å²) in [5.41, 5.74) is 3.26. The summed E-state index contributed by atoms with van der Waals surface area (Å²) in [6.07, 6.45) is 1.75. The van der Waals surface area contributed by atoms with Crippen molar-refractivity contribution in [3.05, 3.63) is 65.7 Å². The molecule has 0 amide bonds. The molecule has 1 fully saturated rings. The van der Waals surface area contributed by atoms with Gasteiger partial charge in [-0.3, -0.25) is 4.79 Å². The largest absolute Gasteiger partial charge is 0.314 e. The van der Waals surface area contributed by atoms with Gasteiger partial charge in [-0.1, -0.05) is 49.4 Å². The second kappa shape index (κ2) is 11.2. The highest BCUT2D eigenvalue weighted by Crippen LogP contribution is 2.25. The van der Waals surface area contributed by atoms with E-state index in [1.165, 1.54) is 24.2 Å². The zero-order chi connectivity index (χ0) is 19.6. The van der Waals surface area contributed by atoms with Gasteiger partial charge in [-0.2, -0.15) is 0 Å². The minimum atomic E-state index is 0.203. The molecule has 1 aliphatic rings. The average Bonchev–Trinajstić information content (AvgIpc) is 2.77. The summed E-state index contributed by atoms with van der Waals surface area (Å²) in [5.74, 6) is 1.30. The summed E-state index contributed by atoms with van der Waals surface area (Å²) in [7, 11) is 0. The molecule has 0 aromatic heterocycles. The summed E-state index contributed by atoms with van der Waals surface area (Å²) in [6.45, 7) is 8.46. The Morgan fingerprint density at radius 3 is 2.46 bits per heavy atom. The smallest absolute Gasteiger partial charge is 0.162 e. The van der Waals surface area contributed by atoms with Crippen molar-refractivity contribution in [1.82, 2.24) is 10.2 Å². The zero-order valence-electron chi connectivity index (χ0n) is 16.8. The molecule has 4 nitrogen and oxygen atoms in total. The van der Waals surface area contributed by atoms with Crippen molar-refractivity contribution < 1.29 is 4.79 Å². The van der Waals surface area contributed by atoms with Crippen molar-refractivity contribution in [2.24, 2.45) is 0 Å². The van der Waals surface area contributed by atoms with E-state index >= 15 is 0 Å². The van der Waals surface area contributed by atoms with E-state index in [-0.39, 0.29) is 5.78 Å². The molecule has 0 saturated carbocycles. The zero-order valence-corrected chi connectivity index (χ0v) is 17.6. The van der Waals surface area contributed by atoms with Crippen LogP contribution in [0.5, 0.6) is 0 Å². The Labute approximate surface area is 173 Å². The minimum absolute atomic E-state index is 0.203. The molecule has 1 heterocycles. The average molecular weight is 398 g/mol. The highest BCUT2D eigenvalue weighted by Gasteiger charge is 2.12. The maximum atomic E-state index is 11.9. The summed E-state index contributed by atoms with van der Waals surface area (Å²) < 4.78 is 2.37. The van der Waals surface area contributed by atoms with Gasteiger partial charge in [0.25, 0.3) is 0 Å². The van der Waals surface area contributed by atoms with Crippen molar-refractivity contribution in [3.63, 3.8) is 0 Å². The van der Waals surface area contributed by atoms with E-state index in [4.69, 9.17) is 0 Å². The Balaban J connectivity index is 1.57. The number of hydrogen-bond donors (Lipinski definition) is 1. The first-order chi connectivity index (χ1) is 13.8. The van der Waals surface area contributed by atoms with Gasteiger partial charge < -0.3 is 14.5 Å². The molecule has 1 N–H and O–H groups in total. The number of nitrogens with one attached hydrogen (secondary N) is 1. The van der Waals surface area contributed by atoms with Crippen molar-refractivity contribution in [3.8, 4) is 0 Å². The van der Waals surface area contributed by atoms with Gasteiger partial charge in [-0.25, -0.2) is 0 Å². The number of carbonyl (C=O) groups excluding carboxylic acids is 1. The molecule has 1 aliphatic heterocycles. The summed E-state index contributed by atoms with van der Waals surface area (Å²) in [6, 6.07) is 18.6. The molecule has 0 atom stereocenters. The van der Waals surface area contributed by atoms with Crippen LogP contribution in [0.15, 0.2) is 54.6 Å². The SMILES string of the molecule is CCC(=O)c1ccc(CN(SCCCN2CCNCC2)c2ccccc2)cc1. The van der Waals surface area contributed by atoms with E-state index in [1.54, 1.807) is 0 Å². The lowest BCUT2D eigenvalue weighted by molar-refractivity contribution is 0.0988. The molecule has 2 aromatic carbocycles. The van der Waals surface area contributed by atoms with Crippen LogP contribution in [0.4, 0.5) is 5.69 Å². The number of ketones is 1. The summed E-state index contributed by atoms with van der Waals surface area (Å²) in [5, 5.41) is 3.41. The molecule has 5 heteroatoms. The fraction of sp³-hybridized carbons (Fsp3) is 0.435. The van der Waals surface area contributed by atoms with E-state index in [0.717, 1.165) is 44.0 Å². The number of anilines is 1. The van der Waals surface area contributed by atoms with Crippen LogP contribution in [0, 0.1) is 0 Å². The lowest BCUT2D eigenvalue weighted by atomic mass is 10.1. The highest BCUT2D eigenvalue weighted by atomic mass is 32.2. The first-order valence-electron chi connectivity index (χ1n) is 10.3. The molecule has 28 heavy (non-hydrogen) atoms. The van der Waals surface area contributed by atoms with Gasteiger partial charge in [0.15, 0.2) is 5.78 Å². The molecule has 2 aromatic rings. The number of piperazine rings is 1. The summed E-state index contributed by atoms with van der Waals surface area (Å²) in [4.78, 5) is 14.4. The van der Waals surface area contributed by atoms with Gasteiger partial charge in [-0.15, -0.1) is 0 Å². The number of benzene rings is 2. The molecule has 1 saturated heterocycles. The van der Waals surface area contributed by atoms with Crippen molar-refractivity contribution in [2.45, 2.75) is 26.3 Å². The lowest BCUT2D eigenvalue weighted by Gasteiger charge is -2.28. The fourth-order valence-corrected chi connectivity index (χ4v) is 4.36. The van der Waals surface area contributed by atoms with Gasteiger partial charge in [0.1, 0.15) is 0 Å². The predicted octanol–water partition coefficient (Wildman–Crippen LogP) is 4.23. The topological polar surface area (TPSA) is 35.6 Å². The standard InChI is InChI=1S/C23H31N3OS/c1-2-23(27)21-11-9-20(10-12-21)19-26(22-7-4-3-5-8-22)28-18-6-15-25-16-13-24-14-17-25/h3-5,7-12,24H,2,6,13-19H2,1H3. The first-order valence-corrected chi connectivity index (χ1v) is 11.2. The maximum Gasteiger partial charge on any atom is 0.162 e. The molecule has 0 radical (unpaired) electrons. The van der Waals surface area contributed by atoms with Crippen LogP contribution < -0.4 is 9.62 Å². The first kappa shape index (κ1) is 20.9. The van der Waals surface area contributed by atoms with Crippen molar-refractivity contribution >= 4 is 23.4 Å². The number of carbonyl (C=O) groups is 1. The molecular formula is C23H31N3OS. The third-order valence-electron chi connectivity index (χ3n) is 5.04. The molecule has 0 aliphatic carbocycles. The minimum Gasteiger partial charge on any atom is -0.314 e. The van der Waals surface area contributed by atoms with Gasteiger partial charge >= 0.3 is 0 Å². The van der Waals surface area contributed by atoms with Gasteiger partial charge in [0.05, 0.1) is 6.54 Å². The van der Waals surface area contributed by atoms with E-state index in [9.17, 15) is 4.79 Å². The quantitative estimate of drug-likeness (QED) is 0.369. The van der Waals surface area contributed by atoms with E-state index in [0.29, 0.717) is 6.42 Å². The van der Waals surface area contributed by atoms with E-state index in [2.05, 4.69) is 57.0 Å². The van der Waals surface area contributed by atoms with Crippen molar-refractivity contribution in [1.29, 1.82) is 0 Å². The van der Waals surface area contributed by atoms with Crippen LogP contribution in [-0.2, 0) is 6.54 Å². The van der Waals surface area contributed by atoms with Crippen molar-refractivity contribution in [2.75, 3.05) is 42.8 Å². The lowest BCUT2D eigenvalue weighted by Crippen LogP contribution is -2.43. The molecule has 0 bridgehead atoms. The Hall–Kier alpha value is -1.82. The molecule has 150 valence electrons. The second-order valence-corrected chi connectivity index (χ2v) is 8.23.